The molecule has 6 nitrogen and oxygen atoms in total. The van der Waals surface area contributed by atoms with Gasteiger partial charge in [0.05, 0.1) is 22.8 Å². The number of hydrogen-bond donors (Lipinski definition) is 1. The molecule has 1 aliphatic rings. The van der Waals surface area contributed by atoms with E-state index < -0.39 is 0 Å². The molecular weight excluding hydrogens is 370 g/mol. The maximum atomic E-state index is 12.2. The summed E-state index contributed by atoms with van der Waals surface area (Å²) >= 11 is 1.59. The van der Waals surface area contributed by atoms with E-state index in [-0.39, 0.29) is 11.5 Å². The molecule has 1 fully saturated rings. The summed E-state index contributed by atoms with van der Waals surface area (Å²) in [5.41, 5.74) is 3.14. The van der Waals surface area contributed by atoms with Crippen molar-refractivity contribution in [1.29, 1.82) is 0 Å². The third kappa shape index (κ3) is 4.15. The van der Waals surface area contributed by atoms with Crippen LogP contribution in [0, 0.1) is 6.92 Å². The van der Waals surface area contributed by atoms with Crippen molar-refractivity contribution in [2.45, 2.75) is 38.8 Å². The van der Waals surface area contributed by atoms with Crippen LogP contribution in [0.4, 0.5) is 0 Å². The van der Waals surface area contributed by atoms with Crippen LogP contribution in [0.3, 0.4) is 0 Å². The lowest BCUT2D eigenvalue weighted by atomic mass is 9.94. The highest BCUT2D eigenvalue weighted by molar-refractivity contribution is 7.13. The van der Waals surface area contributed by atoms with Gasteiger partial charge in [-0.15, -0.1) is 17.9 Å². The zero-order chi connectivity index (χ0) is 19.5. The SMILES string of the molecule is C=CCn1cc(CN2CCCC(c3cc(=O)[nH]c(-c4cccs4)n3)C2)c(C)n1. The number of H-pyrrole nitrogens is 1. The van der Waals surface area contributed by atoms with Crippen LogP contribution in [0.15, 0.2) is 47.2 Å². The van der Waals surface area contributed by atoms with Gasteiger partial charge in [0.1, 0.15) is 5.82 Å². The predicted octanol–water partition coefficient (Wildman–Crippen LogP) is 3.57. The summed E-state index contributed by atoms with van der Waals surface area (Å²) in [6.07, 6.45) is 6.14. The van der Waals surface area contributed by atoms with Crippen LogP contribution in [0.25, 0.3) is 10.7 Å². The number of aromatic amines is 1. The van der Waals surface area contributed by atoms with Crippen LogP contribution < -0.4 is 5.56 Å². The maximum Gasteiger partial charge on any atom is 0.251 e. The summed E-state index contributed by atoms with van der Waals surface area (Å²) in [7, 11) is 0. The minimum absolute atomic E-state index is 0.0768. The van der Waals surface area contributed by atoms with Gasteiger partial charge < -0.3 is 4.98 Å². The topological polar surface area (TPSA) is 66.8 Å². The number of aromatic nitrogens is 4. The van der Waals surface area contributed by atoms with Crippen molar-refractivity contribution in [2.75, 3.05) is 13.1 Å². The molecule has 7 heteroatoms. The lowest BCUT2D eigenvalue weighted by molar-refractivity contribution is 0.198. The Hall–Kier alpha value is -2.51. The van der Waals surface area contributed by atoms with Crippen LogP contribution in [-0.2, 0) is 13.1 Å². The number of nitrogens with one attached hydrogen (secondary N) is 1. The zero-order valence-corrected chi connectivity index (χ0v) is 16.9. The molecule has 0 amide bonds. The van der Waals surface area contributed by atoms with E-state index in [1.54, 1.807) is 17.4 Å². The van der Waals surface area contributed by atoms with Crippen molar-refractivity contribution in [3.8, 4) is 10.7 Å². The highest BCUT2D eigenvalue weighted by Gasteiger charge is 2.24. The Morgan fingerprint density at radius 1 is 1.46 bits per heavy atom. The number of thiophene rings is 1. The van der Waals surface area contributed by atoms with Crippen LogP contribution in [-0.4, -0.2) is 37.7 Å². The molecule has 1 saturated heterocycles. The summed E-state index contributed by atoms with van der Waals surface area (Å²) in [5, 5.41) is 6.56. The van der Waals surface area contributed by atoms with Crippen LogP contribution in [0.5, 0.6) is 0 Å². The van der Waals surface area contributed by atoms with Gasteiger partial charge in [-0.25, -0.2) is 4.98 Å². The van der Waals surface area contributed by atoms with E-state index in [9.17, 15) is 4.79 Å². The molecule has 4 heterocycles. The normalized spacial score (nSPS) is 17.7. The van der Waals surface area contributed by atoms with E-state index in [1.807, 2.05) is 28.3 Å². The van der Waals surface area contributed by atoms with Gasteiger partial charge in [0.25, 0.3) is 5.56 Å². The summed E-state index contributed by atoms with van der Waals surface area (Å²) in [6.45, 7) is 9.41. The smallest absolute Gasteiger partial charge is 0.251 e. The van der Waals surface area contributed by atoms with E-state index >= 15 is 0 Å². The molecule has 0 bridgehead atoms. The molecule has 0 radical (unpaired) electrons. The average Bonchev–Trinajstić information content (AvgIpc) is 3.33. The Morgan fingerprint density at radius 3 is 3.14 bits per heavy atom. The third-order valence-corrected chi connectivity index (χ3v) is 6.07. The Balaban J connectivity index is 1.51. The number of nitrogens with zero attached hydrogens (tertiary/aromatic N) is 4. The lowest BCUT2D eigenvalue weighted by Crippen LogP contribution is -2.34. The fraction of sp³-hybridized carbons (Fsp3) is 0.381. The number of piperidine rings is 1. The van der Waals surface area contributed by atoms with E-state index in [2.05, 4.69) is 34.7 Å². The molecule has 146 valence electrons. The average molecular weight is 396 g/mol. The predicted molar refractivity (Wildman–Crippen MR) is 113 cm³/mol. The molecular formula is C21H25N5OS. The second kappa shape index (κ2) is 8.24. The molecule has 1 unspecified atom stereocenters. The Kier molecular flexibility index (Phi) is 5.54. The first-order chi connectivity index (χ1) is 13.6. The molecule has 0 spiro atoms. The van der Waals surface area contributed by atoms with Crippen molar-refractivity contribution >= 4 is 11.3 Å². The number of rotatable bonds is 6. The monoisotopic (exact) mass is 395 g/mol. The van der Waals surface area contributed by atoms with E-state index in [0.29, 0.717) is 5.82 Å². The van der Waals surface area contributed by atoms with Gasteiger partial charge in [-0.2, -0.15) is 5.10 Å². The van der Waals surface area contributed by atoms with Gasteiger partial charge in [0, 0.05) is 36.8 Å². The van der Waals surface area contributed by atoms with E-state index in [4.69, 9.17) is 4.98 Å². The largest absolute Gasteiger partial charge is 0.306 e. The van der Waals surface area contributed by atoms with Crippen LogP contribution >= 0.6 is 11.3 Å². The molecule has 3 aromatic heterocycles. The van der Waals surface area contributed by atoms with Gasteiger partial charge in [0.15, 0.2) is 0 Å². The quantitative estimate of drug-likeness (QED) is 0.648. The molecule has 1 N–H and O–H groups in total. The Morgan fingerprint density at radius 2 is 2.36 bits per heavy atom. The van der Waals surface area contributed by atoms with Crippen molar-refractivity contribution in [3.05, 3.63) is 69.7 Å². The number of hydrogen-bond acceptors (Lipinski definition) is 5. The molecule has 4 rings (SSSR count). The lowest BCUT2D eigenvalue weighted by Gasteiger charge is -2.32. The van der Waals surface area contributed by atoms with Crippen molar-refractivity contribution in [3.63, 3.8) is 0 Å². The number of aryl methyl sites for hydroxylation is 1. The fourth-order valence-corrected chi connectivity index (χ4v) is 4.51. The van der Waals surface area contributed by atoms with Crippen molar-refractivity contribution in [1.82, 2.24) is 24.6 Å². The van der Waals surface area contributed by atoms with Gasteiger partial charge >= 0.3 is 0 Å². The van der Waals surface area contributed by atoms with Crippen molar-refractivity contribution < 1.29 is 0 Å². The fourth-order valence-electron chi connectivity index (χ4n) is 3.84. The highest BCUT2D eigenvalue weighted by Crippen LogP contribution is 2.28. The van der Waals surface area contributed by atoms with Gasteiger partial charge in [-0.05, 0) is 37.8 Å². The Labute approximate surface area is 168 Å². The first-order valence-electron chi connectivity index (χ1n) is 9.63. The maximum absolute atomic E-state index is 12.2. The minimum atomic E-state index is -0.0768. The summed E-state index contributed by atoms with van der Waals surface area (Å²) < 4.78 is 1.94. The molecule has 28 heavy (non-hydrogen) atoms. The van der Waals surface area contributed by atoms with Crippen LogP contribution in [0.2, 0.25) is 0 Å². The van der Waals surface area contributed by atoms with E-state index in [1.165, 1.54) is 5.56 Å². The van der Waals surface area contributed by atoms with Crippen LogP contribution in [0.1, 0.15) is 35.7 Å². The van der Waals surface area contributed by atoms with Crippen molar-refractivity contribution in [2.24, 2.45) is 0 Å². The standard InChI is InChI=1S/C21H25N5OS/c1-3-8-26-14-17(15(2)24-26)13-25-9-4-6-16(12-25)18-11-20(27)23-21(22-18)19-7-5-10-28-19/h3,5,7,10-11,14,16H,1,4,6,8-9,12-13H2,2H3,(H,22,23,27). The molecule has 0 aromatic carbocycles. The summed E-state index contributed by atoms with van der Waals surface area (Å²) in [4.78, 5) is 23.3. The summed E-state index contributed by atoms with van der Waals surface area (Å²) in [5.74, 6) is 0.953. The number of allylic oxidation sites excluding steroid dienone is 1. The second-order valence-electron chi connectivity index (χ2n) is 7.32. The summed E-state index contributed by atoms with van der Waals surface area (Å²) in [6, 6.07) is 5.63. The zero-order valence-electron chi connectivity index (χ0n) is 16.1. The Bertz CT molecular complexity index is 1000. The molecule has 0 saturated carbocycles. The van der Waals surface area contributed by atoms with Gasteiger partial charge in [0.2, 0.25) is 0 Å². The first-order valence-corrected chi connectivity index (χ1v) is 10.5. The number of likely N-dealkylation sites (tertiary alicyclic amines) is 1. The second-order valence-corrected chi connectivity index (χ2v) is 8.27. The molecule has 3 aromatic rings. The molecule has 1 aliphatic heterocycles. The third-order valence-electron chi connectivity index (χ3n) is 5.20. The highest BCUT2D eigenvalue weighted by atomic mass is 32.1. The van der Waals surface area contributed by atoms with Gasteiger partial charge in [-0.3, -0.25) is 14.4 Å². The molecule has 1 atom stereocenters. The molecule has 0 aliphatic carbocycles. The minimum Gasteiger partial charge on any atom is -0.306 e. The first kappa shape index (κ1) is 18.8. The van der Waals surface area contributed by atoms with Gasteiger partial charge in [-0.1, -0.05) is 12.1 Å². The van der Waals surface area contributed by atoms with E-state index in [0.717, 1.165) is 55.3 Å².